The highest BCUT2D eigenvalue weighted by atomic mass is 16.2. The molecule has 5 N–H and O–H groups in total. The predicted octanol–water partition coefficient (Wildman–Crippen LogP) is 2.14. The quantitative estimate of drug-likeness (QED) is 0.646. The zero-order chi connectivity index (χ0) is 15.8. The SMILES string of the molecule is CCNC(=O)Nc1cccc(NC(=O)C(N)C(C)CC)c1. The second-order valence-corrected chi connectivity index (χ2v) is 4.97. The molecule has 6 heteroatoms. The molecule has 1 rings (SSSR count). The van der Waals surface area contributed by atoms with Gasteiger partial charge in [0.05, 0.1) is 6.04 Å². The van der Waals surface area contributed by atoms with E-state index >= 15 is 0 Å². The van der Waals surface area contributed by atoms with Crippen LogP contribution in [-0.2, 0) is 4.79 Å². The molecule has 1 aromatic carbocycles. The van der Waals surface area contributed by atoms with Crippen LogP contribution in [0.2, 0.25) is 0 Å². The van der Waals surface area contributed by atoms with Gasteiger partial charge in [-0.25, -0.2) is 4.79 Å². The fourth-order valence-corrected chi connectivity index (χ4v) is 1.75. The number of hydrogen-bond donors (Lipinski definition) is 4. The Morgan fingerprint density at radius 1 is 1.19 bits per heavy atom. The summed E-state index contributed by atoms with van der Waals surface area (Å²) in [6, 6.07) is 6.12. The maximum Gasteiger partial charge on any atom is 0.319 e. The fourth-order valence-electron chi connectivity index (χ4n) is 1.75. The highest BCUT2D eigenvalue weighted by Crippen LogP contribution is 2.16. The summed E-state index contributed by atoms with van der Waals surface area (Å²) < 4.78 is 0. The van der Waals surface area contributed by atoms with Crippen molar-refractivity contribution < 1.29 is 9.59 Å². The maximum absolute atomic E-state index is 12.0. The van der Waals surface area contributed by atoms with Crippen LogP contribution in [0.25, 0.3) is 0 Å². The van der Waals surface area contributed by atoms with Crippen molar-refractivity contribution in [3.05, 3.63) is 24.3 Å². The first-order chi connectivity index (χ1) is 9.97. The molecule has 2 atom stereocenters. The third kappa shape index (κ3) is 5.43. The number of rotatable bonds is 6. The van der Waals surface area contributed by atoms with Gasteiger partial charge in [0.2, 0.25) is 5.91 Å². The number of nitrogens with one attached hydrogen (secondary N) is 3. The number of urea groups is 1. The Hall–Kier alpha value is -2.08. The first-order valence-corrected chi connectivity index (χ1v) is 7.19. The monoisotopic (exact) mass is 292 g/mol. The molecule has 0 aliphatic heterocycles. The molecule has 0 bridgehead atoms. The molecule has 21 heavy (non-hydrogen) atoms. The van der Waals surface area contributed by atoms with Crippen LogP contribution in [-0.4, -0.2) is 24.5 Å². The van der Waals surface area contributed by atoms with E-state index in [0.717, 1.165) is 6.42 Å². The smallest absolute Gasteiger partial charge is 0.319 e. The first kappa shape index (κ1) is 17.0. The van der Waals surface area contributed by atoms with E-state index in [1.54, 1.807) is 24.3 Å². The minimum Gasteiger partial charge on any atom is -0.338 e. The van der Waals surface area contributed by atoms with Gasteiger partial charge in [-0.15, -0.1) is 0 Å². The molecule has 0 aliphatic rings. The van der Waals surface area contributed by atoms with Crippen molar-refractivity contribution in [1.82, 2.24) is 5.32 Å². The van der Waals surface area contributed by atoms with Gasteiger partial charge in [-0.2, -0.15) is 0 Å². The average Bonchev–Trinajstić information content (AvgIpc) is 2.46. The zero-order valence-corrected chi connectivity index (χ0v) is 12.8. The van der Waals surface area contributed by atoms with Gasteiger partial charge in [0, 0.05) is 17.9 Å². The summed E-state index contributed by atoms with van der Waals surface area (Å²) in [6.07, 6.45) is 0.841. The molecular weight excluding hydrogens is 268 g/mol. The predicted molar refractivity (Wildman–Crippen MR) is 85.2 cm³/mol. The van der Waals surface area contributed by atoms with Crippen LogP contribution in [0, 0.1) is 5.92 Å². The molecule has 6 nitrogen and oxygen atoms in total. The standard InChI is InChI=1S/C15H24N4O2/c1-4-10(3)13(16)14(20)18-11-7-6-8-12(9-11)19-15(21)17-5-2/h6-10,13H,4-5,16H2,1-3H3,(H,18,20)(H2,17,19,21). The van der Waals surface area contributed by atoms with Crippen LogP contribution in [0.15, 0.2) is 24.3 Å². The molecule has 1 aromatic rings. The summed E-state index contributed by atoms with van der Waals surface area (Å²) in [4.78, 5) is 23.5. The lowest BCUT2D eigenvalue weighted by Crippen LogP contribution is -2.40. The van der Waals surface area contributed by atoms with E-state index in [2.05, 4.69) is 16.0 Å². The van der Waals surface area contributed by atoms with E-state index in [-0.39, 0.29) is 17.9 Å². The highest BCUT2D eigenvalue weighted by molar-refractivity contribution is 5.96. The van der Waals surface area contributed by atoms with Crippen LogP contribution >= 0.6 is 0 Å². The number of amides is 3. The summed E-state index contributed by atoms with van der Waals surface area (Å²) >= 11 is 0. The van der Waals surface area contributed by atoms with Crippen molar-refractivity contribution in [2.45, 2.75) is 33.2 Å². The second kappa shape index (κ2) is 8.26. The minimum absolute atomic E-state index is 0.113. The van der Waals surface area contributed by atoms with Gasteiger partial charge in [0.1, 0.15) is 0 Å². The maximum atomic E-state index is 12.0. The van der Waals surface area contributed by atoms with Crippen LogP contribution in [0.3, 0.4) is 0 Å². The van der Waals surface area contributed by atoms with E-state index in [4.69, 9.17) is 5.73 Å². The molecule has 0 aliphatic carbocycles. The van der Waals surface area contributed by atoms with Crippen molar-refractivity contribution in [3.8, 4) is 0 Å². The van der Waals surface area contributed by atoms with E-state index in [1.807, 2.05) is 20.8 Å². The van der Waals surface area contributed by atoms with Crippen molar-refractivity contribution in [3.63, 3.8) is 0 Å². The van der Waals surface area contributed by atoms with Gasteiger partial charge in [-0.05, 0) is 31.0 Å². The number of nitrogens with two attached hydrogens (primary N) is 1. The number of carbonyl (C=O) groups excluding carboxylic acids is 2. The van der Waals surface area contributed by atoms with Crippen molar-refractivity contribution in [1.29, 1.82) is 0 Å². The molecule has 0 radical (unpaired) electrons. The number of anilines is 2. The lowest BCUT2D eigenvalue weighted by molar-refractivity contribution is -0.118. The summed E-state index contributed by atoms with van der Waals surface area (Å²) in [5.74, 6) is -0.110. The Kier molecular flexibility index (Phi) is 6.68. The molecule has 0 saturated carbocycles. The van der Waals surface area contributed by atoms with Gasteiger partial charge < -0.3 is 21.7 Å². The van der Waals surface area contributed by atoms with Crippen LogP contribution in [0.1, 0.15) is 27.2 Å². The van der Waals surface area contributed by atoms with E-state index < -0.39 is 6.04 Å². The molecule has 3 amide bonds. The molecule has 2 unspecified atom stereocenters. The number of carbonyl (C=O) groups is 2. The Morgan fingerprint density at radius 3 is 2.38 bits per heavy atom. The van der Waals surface area contributed by atoms with Gasteiger partial charge in [0.15, 0.2) is 0 Å². The van der Waals surface area contributed by atoms with Crippen molar-refractivity contribution in [2.24, 2.45) is 11.7 Å². The Balaban J connectivity index is 2.68. The van der Waals surface area contributed by atoms with E-state index in [9.17, 15) is 9.59 Å². The highest BCUT2D eigenvalue weighted by Gasteiger charge is 2.19. The number of benzene rings is 1. The Bertz CT molecular complexity index is 490. The average molecular weight is 292 g/mol. The summed E-state index contributed by atoms with van der Waals surface area (Å²) in [5, 5.41) is 8.09. The van der Waals surface area contributed by atoms with Gasteiger partial charge in [-0.3, -0.25) is 4.79 Å². The minimum atomic E-state index is -0.546. The Labute approximate surface area is 125 Å². The molecule has 116 valence electrons. The fraction of sp³-hybridized carbons (Fsp3) is 0.467. The molecule has 0 heterocycles. The van der Waals surface area contributed by atoms with Gasteiger partial charge in [-0.1, -0.05) is 26.3 Å². The molecule has 0 saturated heterocycles. The van der Waals surface area contributed by atoms with Gasteiger partial charge in [0.25, 0.3) is 0 Å². The first-order valence-electron chi connectivity index (χ1n) is 7.19. The van der Waals surface area contributed by atoms with Crippen LogP contribution < -0.4 is 21.7 Å². The topological polar surface area (TPSA) is 96.2 Å². The van der Waals surface area contributed by atoms with Crippen molar-refractivity contribution in [2.75, 3.05) is 17.2 Å². The summed E-state index contributed by atoms with van der Waals surface area (Å²) in [6.45, 7) is 6.32. The van der Waals surface area contributed by atoms with Crippen LogP contribution in [0.5, 0.6) is 0 Å². The largest absolute Gasteiger partial charge is 0.338 e. The third-order valence-corrected chi connectivity index (χ3v) is 3.29. The number of hydrogen-bond acceptors (Lipinski definition) is 3. The second-order valence-electron chi connectivity index (χ2n) is 4.97. The molecule has 0 aromatic heterocycles. The van der Waals surface area contributed by atoms with Crippen LogP contribution in [0.4, 0.5) is 16.2 Å². The van der Waals surface area contributed by atoms with E-state index in [0.29, 0.717) is 17.9 Å². The van der Waals surface area contributed by atoms with E-state index in [1.165, 1.54) is 0 Å². The van der Waals surface area contributed by atoms with Crippen molar-refractivity contribution >= 4 is 23.3 Å². The summed E-state index contributed by atoms with van der Waals surface area (Å²) in [7, 11) is 0. The molecule has 0 spiro atoms. The third-order valence-electron chi connectivity index (χ3n) is 3.29. The molecule has 0 fully saturated rings. The normalized spacial score (nSPS) is 13.1. The molecular formula is C15H24N4O2. The lowest BCUT2D eigenvalue weighted by atomic mass is 9.99. The Morgan fingerprint density at radius 2 is 1.81 bits per heavy atom. The zero-order valence-electron chi connectivity index (χ0n) is 12.8. The van der Waals surface area contributed by atoms with Gasteiger partial charge >= 0.3 is 6.03 Å². The summed E-state index contributed by atoms with van der Waals surface area (Å²) in [5.41, 5.74) is 7.10. The lowest BCUT2D eigenvalue weighted by Gasteiger charge is -2.18.